The van der Waals surface area contributed by atoms with E-state index in [1.165, 1.54) is 0 Å². The van der Waals surface area contributed by atoms with Crippen LogP contribution in [0.5, 0.6) is 0 Å². The third kappa shape index (κ3) is 3.57. The number of carbonyl (C=O) groups excluding carboxylic acids is 1. The summed E-state index contributed by atoms with van der Waals surface area (Å²) in [5.41, 5.74) is 1.46. The Labute approximate surface area is 108 Å². The Kier molecular flexibility index (Phi) is 5.85. The third-order valence-electron chi connectivity index (χ3n) is 2.86. The quantitative estimate of drug-likeness (QED) is 0.800. The SMILES string of the molecule is CCCCN(CCO)C(=O)c1cc(C)nn1CC. The van der Waals surface area contributed by atoms with E-state index >= 15 is 0 Å². The fourth-order valence-corrected chi connectivity index (χ4v) is 1.91. The van der Waals surface area contributed by atoms with E-state index in [1.807, 2.05) is 19.9 Å². The van der Waals surface area contributed by atoms with Gasteiger partial charge in [-0.2, -0.15) is 5.10 Å². The van der Waals surface area contributed by atoms with E-state index in [9.17, 15) is 4.79 Å². The lowest BCUT2D eigenvalue weighted by Crippen LogP contribution is -2.35. The number of aromatic nitrogens is 2. The number of aliphatic hydroxyl groups excluding tert-OH is 1. The molecule has 0 unspecified atom stereocenters. The largest absolute Gasteiger partial charge is 0.395 e. The first-order valence-corrected chi connectivity index (χ1v) is 6.58. The van der Waals surface area contributed by atoms with Gasteiger partial charge in [0.05, 0.1) is 12.3 Å². The van der Waals surface area contributed by atoms with Crippen LogP contribution in [0.3, 0.4) is 0 Å². The standard InChI is InChI=1S/C13H23N3O2/c1-4-6-7-15(8-9-17)13(18)12-10-11(3)14-16(12)5-2/h10,17H,4-9H2,1-3H3. The maximum Gasteiger partial charge on any atom is 0.272 e. The number of carbonyl (C=O) groups is 1. The van der Waals surface area contributed by atoms with Gasteiger partial charge in [-0.05, 0) is 26.3 Å². The Bertz CT molecular complexity index is 388. The second kappa shape index (κ2) is 7.16. The Hall–Kier alpha value is -1.36. The van der Waals surface area contributed by atoms with Crippen LogP contribution in [-0.2, 0) is 6.54 Å². The highest BCUT2D eigenvalue weighted by atomic mass is 16.3. The van der Waals surface area contributed by atoms with Gasteiger partial charge in [-0.25, -0.2) is 0 Å². The summed E-state index contributed by atoms with van der Waals surface area (Å²) in [6, 6.07) is 1.81. The van der Waals surface area contributed by atoms with Crippen molar-refractivity contribution in [1.29, 1.82) is 0 Å². The van der Waals surface area contributed by atoms with Crippen LogP contribution in [0.25, 0.3) is 0 Å². The number of amides is 1. The molecule has 0 aliphatic carbocycles. The van der Waals surface area contributed by atoms with Crippen molar-refractivity contribution in [3.8, 4) is 0 Å². The molecule has 18 heavy (non-hydrogen) atoms. The van der Waals surface area contributed by atoms with Crippen LogP contribution in [0.2, 0.25) is 0 Å². The van der Waals surface area contributed by atoms with E-state index < -0.39 is 0 Å². The van der Waals surface area contributed by atoms with Crippen molar-refractivity contribution < 1.29 is 9.90 Å². The molecule has 5 nitrogen and oxygen atoms in total. The minimum absolute atomic E-state index is 0.00526. The van der Waals surface area contributed by atoms with Crippen molar-refractivity contribution in [2.75, 3.05) is 19.7 Å². The Balaban J connectivity index is 2.86. The highest BCUT2D eigenvalue weighted by molar-refractivity contribution is 5.92. The van der Waals surface area contributed by atoms with Crippen molar-refractivity contribution in [3.05, 3.63) is 17.5 Å². The zero-order valence-electron chi connectivity index (χ0n) is 11.5. The van der Waals surface area contributed by atoms with Gasteiger partial charge in [-0.1, -0.05) is 13.3 Å². The molecule has 0 fully saturated rings. The highest BCUT2D eigenvalue weighted by Gasteiger charge is 2.19. The highest BCUT2D eigenvalue weighted by Crippen LogP contribution is 2.09. The van der Waals surface area contributed by atoms with Crippen molar-refractivity contribution in [3.63, 3.8) is 0 Å². The molecular formula is C13H23N3O2. The molecule has 0 radical (unpaired) electrons. The van der Waals surface area contributed by atoms with Crippen LogP contribution in [0.4, 0.5) is 0 Å². The Morgan fingerprint density at radius 2 is 2.17 bits per heavy atom. The molecule has 1 amide bonds. The minimum Gasteiger partial charge on any atom is -0.395 e. The molecule has 0 aliphatic heterocycles. The van der Waals surface area contributed by atoms with Gasteiger partial charge in [-0.3, -0.25) is 9.48 Å². The van der Waals surface area contributed by atoms with E-state index in [0.29, 0.717) is 25.3 Å². The number of hydrogen-bond acceptors (Lipinski definition) is 3. The first kappa shape index (κ1) is 14.7. The summed E-state index contributed by atoms with van der Waals surface area (Å²) in [5, 5.41) is 13.3. The fourth-order valence-electron chi connectivity index (χ4n) is 1.91. The Morgan fingerprint density at radius 3 is 2.72 bits per heavy atom. The van der Waals surface area contributed by atoms with Crippen LogP contribution in [-0.4, -0.2) is 45.4 Å². The van der Waals surface area contributed by atoms with E-state index in [2.05, 4.69) is 12.0 Å². The number of unbranched alkanes of at least 4 members (excludes halogenated alkanes) is 1. The van der Waals surface area contributed by atoms with Crippen LogP contribution >= 0.6 is 0 Å². The van der Waals surface area contributed by atoms with Gasteiger partial charge < -0.3 is 10.0 Å². The molecule has 0 aromatic carbocycles. The van der Waals surface area contributed by atoms with Crippen molar-refractivity contribution in [2.24, 2.45) is 0 Å². The van der Waals surface area contributed by atoms with Gasteiger partial charge in [0, 0.05) is 19.6 Å². The van der Waals surface area contributed by atoms with Gasteiger partial charge in [0.25, 0.3) is 5.91 Å². The average molecular weight is 253 g/mol. The van der Waals surface area contributed by atoms with Gasteiger partial charge in [-0.15, -0.1) is 0 Å². The van der Waals surface area contributed by atoms with Gasteiger partial charge in [0.15, 0.2) is 0 Å². The zero-order valence-corrected chi connectivity index (χ0v) is 11.5. The van der Waals surface area contributed by atoms with Gasteiger partial charge in [0.2, 0.25) is 0 Å². The molecule has 0 bridgehead atoms. The lowest BCUT2D eigenvalue weighted by Gasteiger charge is -2.21. The monoisotopic (exact) mass is 253 g/mol. The first-order valence-electron chi connectivity index (χ1n) is 6.58. The summed E-state index contributed by atoms with van der Waals surface area (Å²) in [5.74, 6) is -0.0417. The number of aliphatic hydroxyl groups is 1. The molecule has 5 heteroatoms. The van der Waals surface area contributed by atoms with E-state index in [1.54, 1.807) is 9.58 Å². The van der Waals surface area contributed by atoms with Gasteiger partial charge >= 0.3 is 0 Å². The molecule has 1 aromatic heterocycles. The third-order valence-corrected chi connectivity index (χ3v) is 2.86. The van der Waals surface area contributed by atoms with Crippen LogP contribution in [0.15, 0.2) is 6.07 Å². The first-order chi connectivity index (χ1) is 8.63. The Morgan fingerprint density at radius 1 is 1.44 bits per heavy atom. The second-order valence-electron chi connectivity index (χ2n) is 4.36. The number of nitrogens with zero attached hydrogens (tertiary/aromatic N) is 3. The number of hydrogen-bond donors (Lipinski definition) is 1. The van der Waals surface area contributed by atoms with E-state index in [0.717, 1.165) is 18.5 Å². The normalized spacial score (nSPS) is 10.7. The molecule has 1 heterocycles. The molecule has 1 aromatic rings. The van der Waals surface area contributed by atoms with Crippen molar-refractivity contribution >= 4 is 5.91 Å². The summed E-state index contributed by atoms with van der Waals surface area (Å²) in [4.78, 5) is 14.1. The maximum atomic E-state index is 12.4. The summed E-state index contributed by atoms with van der Waals surface area (Å²) in [7, 11) is 0. The fraction of sp³-hybridized carbons (Fsp3) is 0.692. The lowest BCUT2D eigenvalue weighted by molar-refractivity contribution is 0.0707. The molecule has 102 valence electrons. The second-order valence-corrected chi connectivity index (χ2v) is 4.36. The molecular weight excluding hydrogens is 230 g/mol. The molecule has 0 saturated heterocycles. The summed E-state index contributed by atoms with van der Waals surface area (Å²) >= 11 is 0. The van der Waals surface area contributed by atoms with Gasteiger partial charge in [0.1, 0.15) is 5.69 Å². The molecule has 0 spiro atoms. The number of aryl methyl sites for hydroxylation is 2. The van der Waals surface area contributed by atoms with Crippen LogP contribution in [0.1, 0.15) is 42.9 Å². The molecule has 0 atom stereocenters. The van der Waals surface area contributed by atoms with E-state index in [4.69, 9.17) is 5.11 Å². The van der Waals surface area contributed by atoms with Crippen LogP contribution < -0.4 is 0 Å². The van der Waals surface area contributed by atoms with Crippen molar-refractivity contribution in [1.82, 2.24) is 14.7 Å². The average Bonchev–Trinajstić information content (AvgIpc) is 2.75. The molecule has 1 N–H and O–H groups in total. The van der Waals surface area contributed by atoms with Crippen molar-refractivity contribution in [2.45, 2.75) is 40.2 Å². The molecule has 0 saturated carbocycles. The predicted molar refractivity (Wildman–Crippen MR) is 70.5 cm³/mol. The van der Waals surface area contributed by atoms with E-state index in [-0.39, 0.29) is 12.5 Å². The van der Waals surface area contributed by atoms with Crippen LogP contribution in [0, 0.1) is 6.92 Å². The lowest BCUT2D eigenvalue weighted by atomic mass is 10.2. The summed E-state index contributed by atoms with van der Waals surface area (Å²) in [6.45, 7) is 7.67. The minimum atomic E-state index is -0.0417. The molecule has 0 aliphatic rings. The predicted octanol–water partition coefficient (Wildman–Crippen LogP) is 1.45. The zero-order chi connectivity index (χ0) is 13.5. The molecule has 1 rings (SSSR count). The summed E-state index contributed by atoms with van der Waals surface area (Å²) < 4.78 is 1.72. The maximum absolute atomic E-state index is 12.4. The smallest absolute Gasteiger partial charge is 0.272 e. The number of rotatable bonds is 7. The topological polar surface area (TPSA) is 58.4 Å². The summed E-state index contributed by atoms with van der Waals surface area (Å²) in [6.07, 6.45) is 1.98.